The Hall–Kier alpha value is -2.78. The molecule has 1 aliphatic rings. The van der Waals surface area contributed by atoms with Crippen molar-refractivity contribution in [2.24, 2.45) is 0 Å². The van der Waals surface area contributed by atoms with Crippen molar-refractivity contribution >= 4 is 16.1 Å². The zero-order valence-electron chi connectivity index (χ0n) is 19.5. The molecule has 0 radical (unpaired) electrons. The van der Waals surface area contributed by atoms with E-state index in [0.717, 1.165) is 18.4 Å². The third-order valence-corrected chi connectivity index (χ3v) is 6.30. The molecule has 3 rings (SSSR count). The number of carbonyl (C=O) groups excluding carboxylic acids is 1. The molecule has 180 valence electrons. The molecule has 1 N–H and O–H groups in total. The van der Waals surface area contributed by atoms with E-state index in [0.29, 0.717) is 25.4 Å². The summed E-state index contributed by atoms with van der Waals surface area (Å²) in [6, 6.07) is 12.5. The highest BCUT2D eigenvalue weighted by Gasteiger charge is 2.25. The van der Waals surface area contributed by atoms with Crippen molar-refractivity contribution in [3.05, 3.63) is 54.1 Å². The predicted octanol–water partition coefficient (Wildman–Crippen LogP) is 3.95. The molecule has 2 aromatic carbocycles. The lowest BCUT2D eigenvalue weighted by molar-refractivity contribution is 0.0782. The van der Waals surface area contributed by atoms with E-state index in [4.69, 9.17) is 13.7 Å². The van der Waals surface area contributed by atoms with E-state index in [9.17, 15) is 13.2 Å². The summed E-state index contributed by atoms with van der Waals surface area (Å²) in [4.78, 5) is 14.6. The van der Waals surface area contributed by atoms with Crippen molar-refractivity contribution in [3.8, 4) is 11.5 Å². The first-order chi connectivity index (χ1) is 15.6. The topological polar surface area (TPSA) is 94.2 Å². The summed E-state index contributed by atoms with van der Waals surface area (Å²) in [5.41, 5.74) is 0.364. The van der Waals surface area contributed by atoms with E-state index in [-0.39, 0.29) is 28.3 Å². The first-order valence-corrected chi connectivity index (χ1v) is 12.3. The largest absolute Gasteiger partial charge is 0.497 e. The molecule has 0 spiro atoms. The number of rotatable bonds is 8. The lowest BCUT2D eigenvalue weighted by Crippen LogP contribution is -2.50. The van der Waals surface area contributed by atoms with E-state index < -0.39 is 10.1 Å². The quantitative estimate of drug-likeness (QED) is 0.580. The Morgan fingerprint density at radius 3 is 2.48 bits per heavy atom. The second-order valence-corrected chi connectivity index (χ2v) is 10.6. The number of methoxy groups -OCH3 is 1. The highest BCUT2D eigenvalue weighted by atomic mass is 32.2. The molecule has 0 saturated carbocycles. The molecule has 1 fully saturated rings. The van der Waals surface area contributed by atoms with Crippen molar-refractivity contribution in [1.29, 1.82) is 0 Å². The van der Waals surface area contributed by atoms with Crippen LogP contribution in [0.1, 0.15) is 39.2 Å². The minimum absolute atomic E-state index is 0.00870. The molecule has 0 aliphatic carbocycles. The number of benzene rings is 2. The fraction of sp³-hybridized carbons (Fsp3) is 0.458. The molecule has 1 saturated heterocycles. The van der Waals surface area contributed by atoms with Crippen LogP contribution in [0, 0.1) is 0 Å². The Morgan fingerprint density at radius 1 is 1.15 bits per heavy atom. The third kappa shape index (κ3) is 7.36. The number of hydrogen-bond donors (Lipinski definition) is 1. The molecule has 33 heavy (non-hydrogen) atoms. The van der Waals surface area contributed by atoms with E-state index in [2.05, 4.69) is 5.32 Å². The molecule has 8 nitrogen and oxygen atoms in total. The van der Waals surface area contributed by atoms with Crippen LogP contribution in [0.5, 0.6) is 11.5 Å². The summed E-state index contributed by atoms with van der Waals surface area (Å²) < 4.78 is 41.5. The third-order valence-electron chi connectivity index (χ3n) is 5.04. The lowest BCUT2D eigenvalue weighted by atomic mass is 10.1. The fourth-order valence-electron chi connectivity index (χ4n) is 3.49. The van der Waals surface area contributed by atoms with Crippen LogP contribution in [0.3, 0.4) is 0 Å². The van der Waals surface area contributed by atoms with Gasteiger partial charge in [0.2, 0.25) is 0 Å². The van der Waals surface area contributed by atoms with Crippen molar-refractivity contribution in [1.82, 2.24) is 10.2 Å². The number of nitrogens with zero attached hydrogens (tertiary/aromatic N) is 1. The van der Waals surface area contributed by atoms with Crippen molar-refractivity contribution in [2.45, 2.75) is 56.7 Å². The number of nitrogens with one attached hydrogen (secondary N) is 1. The summed E-state index contributed by atoms with van der Waals surface area (Å²) in [5, 5.41) is 2.99. The zero-order chi connectivity index (χ0) is 24.1. The molecule has 1 heterocycles. The van der Waals surface area contributed by atoms with Crippen LogP contribution in [0.4, 0.5) is 4.79 Å². The summed E-state index contributed by atoms with van der Waals surface area (Å²) in [5.74, 6) is 0.729. The summed E-state index contributed by atoms with van der Waals surface area (Å²) >= 11 is 0. The number of ether oxygens (including phenoxy) is 2. The van der Waals surface area contributed by atoms with E-state index in [1.807, 2.05) is 26.8 Å². The number of amides is 2. The maximum absolute atomic E-state index is 12.9. The van der Waals surface area contributed by atoms with Gasteiger partial charge in [-0.3, -0.25) is 0 Å². The second-order valence-electron chi connectivity index (χ2n) is 9.06. The van der Waals surface area contributed by atoms with Crippen LogP contribution >= 0.6 is 0 Å². The number of urea groups is 1. The first-order valence-electron chi connectivity index (χ1n) is 10.9. The van der Waals surface area contributed by atoms with Gasteiger partial charge < -0.3 is 23.9 Å². The average molecular weight is 477 g/mol. The molecular formula is C24H32N2O6S. The number of hydrogen-bond acceptors (Lipinski definition) is 6. The van der Waals surface area contributed by atoms with Crippen LogP contribution in [0.25, 0.3) is 0 Å². The maximum Gasteiger partial charge on any atom is 0.339 e. The predicted molar refractivity (Wildman–Crippen MR) is 125 cm³/mol. The highest BCUT2D eigenvalue weighted by Crippen LogP contribution is 2.23. The average Bonchev–Trinajstić information content (AvgIpc) is 3.25. The standard InChI is InChI=1S/C24H32N2O6S/c1-24(2,3)25-23(27)26(17-21-9-6-14-31-21)16-18-7-5-8-20(15-18)32-33(28,29)22-12-10-19(30-4)11-13-22/h5,7-8,10-13,15,21H,6,9,14,16-17H2,1-4H3,(H,25,27)/t21-/m0/s1. The molecular weight excluding hydrogens is 444 g/mol. The first kappa shape index (κ1) is 24.9. The summed E-state index contributed by atoms with van der Waals surface area (Å²) in [7, 11) is -2.50. The Kier molecular flexibility index (Phi) is 7.86. The van der Waals surface area contributed by atoms with E-state index in [1.54, 1.807) is 35.2 Å². The van der Waals surface area contributed by atoms with Gasteiger partial charge in [0.25, 0.3) is 0 Å². The Bertz CT molecular complexity index is 1040. The van der Waals surface area contributed by atoms with Gasteiger partial charge in [0, 0.05) is 25.2 Å². The molecule has 2 amide bonds. The molecule has 2 aromatic rings. The van der Waals surface area contributed by atoms with Crippen LogP contribution in [-0.4, -0.2) is 51.3 Å². The van der Waals surface area contributed by atoms with Crippen molar-refractivity contribution in [2.75, 3.05) is 20.3 Å². The van der Waals surface area contributed by atoms with Gasteiger partial charge in [-0.05, 0) is 75.6 Å². The van der Waals surface area contributed by atoms with Crippen LogP contribution < -0.4 is 14.2 Å². The maximum atomic E-state index is 12.9. The molecule has 1 atom stereocenters. The van der Waals surface area contributed by atoms with Crippen LogP contribution in [0.15, 0.2) is 53.4 Å². The second kappa shape index (κ2) is 10.4. The molecule has 0 bridgehead atoms. The SMILES string of the molecule is COc1ccc(S(=O)(=O)Oc2cccc(CN(C[C@@H]3CCCO3)C(=O)NC(C)(C)C)c2)cc1. The van der Waals surface area contributed by atoms with E-state index >= 15 is 0 Å². The van der Waals surface area contributed by atoms with Gasteiger partial charge in [-0.1, -0.05) is 12.1 Å². The Balaban J connectivity index is 1.75. The minimum Gasteiger partial charge on any atom is -0.497 e. The summed E-state index contributed by atoms with van der Waals surface area (Å²) in [6.45, 7) is 7.22. The lowest BCUT2D eigenvalue weighted by Gasteiger charge is -2.30. The van der Waals surface area contributed by atoms with Crippen molar-refractivity contribution in [3.63, 3.8) is 0 Å². The Labute approximate surface area is 196 Å². The molecule has 0 aromatic heterocycles. The van der Waals surface area contributed by atoms with Gasteiger partial charge in [0.15, 0.2) is 0 Å². The molecule has 1 aliphatic heterocycles. The monoisotopic (exact) mass is 476 g/mol. The minimum atomic E-state index is -4.01. The van der Waals surface area contributed by atoms with Gasteiger partial charge in [0.1, 0.15) is 16.4 Å². The van der Waals surface area contributed by atoms with Gasteiger partial charge in [-0.2, -0.15) is 8.42 Å². The van der Waals surface area contributed by atoms with Gasteiger partial charge in [-0.25, -0.2) is 4.79 Å². The smallest absolute Gasteiger partial charge is 0.339 e. The van der Waals surface area contributed by atoms with Crippen LogP contribution in [-0.2, 0) is 21.4 Å². The number of carbonyl (C=O) groups is 1. The Morgan fingerprint density at radius 2 is 1.88 bits per heavy atom. The van der Waals surface area contributed by atoms with Crippen molar-refractivity contribution < 1.29 is 26.9 Å². The zero-order valence-corrected chi connectivity index (χ0v) is 20.4. The van der Waals surface area contributed by atoms with Crippen LogP contribution in [0.2, 0.25) is 0 Å². The summed E-state index contributed by atoms with van der Waals surface area (Å²) in [6.07, 6.45) is 1.87. The molecule has 0 unspecified atom stereocenters. The van der Waals surface area contributed by atoms with E-state index in [1.165, 1.54) is 19.2 Å². The highest BCUT2D eigenvalue weighted by molar-refractivity contribution is 7.87. The van der Waals surface area contributed by atoms with Gasteiger partial charge >= 0.3 is 16.1 Å². The van der Waals surface area contributed by atoms with Gasteiger partial charge in [-0.15, -0.1) is 0 Å². The normalized spacial score (nSPS) is 16.3. The molecule has 9 heteroatoms. The fourth-order valence-corrected chi connectivity index (χ4v) is 4.41. The van der Waals surface area contributed by atoms with Gasteiger partial charge in [0.05, 0.1) is 13.2 Å².